The number of carbonyl (C=O) groups excluding carboxylic acids is 1. The Balaban J connectivity index is 2.31. The van der Waals surface area contributed by atoms with E-state index in [1.54, 1.807) is 12.5 Å². The molecule has 1 rings (SSSR count). The average molecular weight is 296 g/mol. The van der Waals surface area contributed by atoms with Gasteiger partial charge in [-0.1, -0.05) is 13.8 Å². The van der Waals surface area contributed by atoms with Crippen LogP contribution in [-0.2, 0) is 11.3 Å². The van der Waals surface area contributed by atoms with Crippen LogP contribution in [0.4, 0.5) is 4.79 Å². The maximum Gasteiger partial charge on any atom is 0.407 e. The van der Waals surface area contributed by atoms with Gasteiger partial charge in [-0.05, 0) is 32.6 Å². The molecule has 1 atom stereocenters. The van der Waals surface area contributed by atoms with Gasteiger partial charge in [-0.15, -0.1) is 0 Å². The molecule has 0 aromatic carbocycles. The fraction of sp³-hybridized carbons (Fsp3) is 0.733. The number of nitrogens with zero attached hydrogens (tertiary/aromatic N) is 1. The number of H-pyrrole nitrogens is 1. The highest BCUT2D eigenvalue weighted by Gasteiger charge is 2.18. The molecular weight excluding hydrogens is 268 g/mol. The molecule has 0 aliphatic heterocycles. The normalized spacial score (nSPS) is 13.2. The topological polar surface area (TPSA) is 79.0 Å². The lowest BCUT2D eigenvalue weighted by Gasteiger charge is -2.24. The van der Waals surface area contributed by atoms with Crippen LogP contribution in [-0.4, -0.2) is 34.8 Å². The van der Waals surface area contributed by atoms with Gasteiger partial charge in [-0.2, -0.15) is 0 Å². The summed E-state index contributed by atoms with van der Waals surface area (Å²) in [6, 6.07) is 0. The predicted octanol–water partition coefficient (Wildman–Crippen LogP) is 2.30. The van der Waals surface area contributed by atoms with Crippen LogP contribution in [0.2, 0.25) is 0 Å². The van der Waals surface area contributed by atoms with Crippen LogP contribution < -0.4 is 10.6 Å². The van der Waals surface area contributed by atoms with Gasteiger partial charge < -0.3 is 20.4 Å². The molecular formula is C15H28N4O2. The van der Waals surface area contributed by atoms with E-state index in [9.17, 15) is 4.79 Å². The smallest absolute Gasteiger partial charge is 0.407 e. The van der Waals surface area contributed by atoms with E-state index in [0.717, 1.165) is 18.8 Å². The van der Waals surface area contributed by atoms with Crippen molar-refractivity contribution < 1.29 is 9.53 Å². The van der Waals surface area contributed by atoms with Crippen LogP contribution in [0.15, 0.2) is 12.5 Å². The van der Waals surface area contributed by atoms with Gasteiger partial charge in [-0.3, -0.25) is 0 Å². The third-order valence-corrected chi connectivity index (χ3v) is 3.13. The molecule has 0 radical (unpaired) electrons. The van der Waals surface area contributed by atoms with Crippen molar-refractivity contribution in [3.63, 3.8) is 0 Å². The van der Waals surface area contributed by atoms with Crippen LogP contribution in [0.5, 0.6) is 0 Å². The zero-order chi connectivity index (χ0) is 15.9. The average Bonchev–Trinajstić information content (AvgIpc) is 2.83. The first-order valence-electron chi connectivity index (χ1n) is 7.42. The molecule has 1 unspecified atom stereocenters. The number of carbonyl (C=O) groups is 1. The summed E-state index contributed by atoms with van der Waals surface area (Å²) < 4.78 is 5.25. The molecule has 0 aliphatic carbocycles. The molecule has 0 saturated carbocycles. The largest absolute Gasteiger partial charge is 0.444 e. The predicted molar refractivity (Wildman–Crippen MR) is 82.9 cm³/mol. The van der Waals surface area contributed by atoms with E-state index in [2.05, 4.69) is 34.4 Å². The summed E-state index contributed by atoms with van der Waals surface area (Å²) in [5.74, 6) is 0.814. The molecule has 0 aliphatic rings. The Bertz CT molecular complexity index is 410. The van der Waals surface area contributed by atoms with Crippen molar-refractivity contribution in [2.24, 2.45) is 11.8 Å². The highest BCUT2D eigenvalue weighted by atomic mass is 16.6. The van der Waals surface area contributed by atoms with E-state index in [4.69, 9.17) is 4.74 Å². The number of alkyl carbamates (subject to hydrolysis) is 1. The first kappa shape index (κ1) is 17.5. The Morgan fingerprint density at radius 3 is 2.62 bits per heavy atom. The number of rotatable bonds is 7. The number of nitrogens with one attached hydrogen (secondary N) is 3. The molecule has 6 heteroatoms. The first-order chi connectivity index (χ1) is 9.78. The third kappa shape index (κ3) is 7.70. The maximum atomic E-state index is 11.7. The molecule has 3 N–H and O–H groups in total. The molecule has 6 nitrogen and oxygen atoms in total. The fourth-order valence-corrected chi connectivity index (χ4v) is 1.85. The second kappa shape index (κ2) is 8.02. The van der Waals surface area contributed by atoms with Crippen molar-refractivity contribution in [1.29, 1.82) is 0 Å². The number of imidazole rings is 1. The number of ether oxygens (including phenoxy) is 1. The number of aromatic nitrogens is 2. The van der Waals surface area contributed by atoms with Gasteiger partial charge in [-0.25, -0.2) is 9.78 Å². The van der Waals surface area contributed by atoms with E-state index < -0.39 is 5.60 Å². The minimum atomic E-state index is -0.462. The summed E-state index contributed by atoms with van der Waals surface area (Å²) in [5.41, 5.74) is 0.591. The van der Waals surface area contributed by atoms with Gasteiger partial charge in [0, 0.05) is 31.5 Å². The fourth-order valence-electron chi connectivity index (χ4n) is 1.85. The molecule has 0 spiro atoms. The van der Waals surface area contributed by atoms with Crippen LogP contribution in [0.25, 0.3) is 0 Å². The number of amides is 1. The van der Waals surface area contributed by atoms with Crippen LogP contribution in [0.3, 0.4) is 0 Å². The molecule has 1 aromatic heterocycles. The van der Waals surface area contributed by atoms with E-state index in [-0.39, 0.29) is 6.09 Å². The summed E-state index contributed by atoms with van der Waals surface area (Å²) in [6.07, 6.45) is 3.11. The number of hydrogen-bond donors (Lipinski definition) is 3. The van der Waals surface area contributed by atoms with Gasteiger partial charge in [0.2, 0.25) is 0 Å². The second-order valence-corrected chi connectivity index (χ2v) is 6.59. The van der Waals surface area contributed by atoms with E-state index in [1.165, 1.54) is 0 Å². The lowest BCUT2D eigenvalue weighted by atomic mass is 9.96. The Hall–Kier alpha value is -1.56. The van der Waals surface area contributed by atoms with Crippen LogP contribution >= 0.6 is 0 Å². The summed E-state index contributed by atoms with van der Waals surface area (Å²) in [7, 11) is 0. The Kier molecular flexibility index (Phi) is 6.68. The molecule has 120 valence electrons. The minimum Gasteiger partial charge on any atom is -0.444 e. The quantitative estimate of drug-likeness (QED) is 0.721. The molecule has 1 aromatic rings. The van der Waals surface area contributed by atoms with Crippen molar-refractivity contribution in [3.05, 3.63) is 18.2 Å². The highest BCUT2D eigenvalue weighted by molar-refractivity contribution is 5.67. The Labute approximate surface area is 127 Å². The SMILES string of the molecule is CC(C)C(CNCc1cnc[nH]1)CNC(=O)OC(C)(C)C. The van der Waals surface area contributed by atoms with E-state index in [1.807, 2.05) is 20.8 Å². The van der Waals surface area contributed by atoms with Gasteiger partial charge in [0.15, 0.2) is 0 Å². The molecule has 1 amide bonds. The van der Waals surface area contributed by atoms with Crippen molar-refractivity contribution in [2.45, 2.75) is 46.8 Å². The van der Waals surface area contributed by atoms with Gasteiger partial charge in [0.05, 0.1) is 6.33 Å². The van der Waals surface area contributed by atoms with Crippen LogP contribution in [0, 0.1) is 11.8 Å². The lowest BCUT2D eigenvalue weighted by Crippen LogP contribution is -2.39. The zero-order valence-electron chi connectivity index (χ0n) is 13.7. The molecule has 21 heavy (non-hydrogen) atoms. The summed E-state index contributed by atoms with van der Waals surface area (Å²) >= 11 is 0. The van der Waals surface area contributed by atoms with Gasteiger partial charge in [0.25, 0.3) is 0 Å². The van der Waals surface area contributed by atoms with Gasteiger partial charge >= 0.3 is 6.09 Å². The lowest BCUT2D eigenvalue weighted by molar-refractivity contribution is 0.0515. The Morgan fingerprint density at radius 2 is 2.10 bits per heavy atom. The molecule has 0 saturated heterocycles. The standard InChI is InChI=1S/C15H28N4O2/c1-11(2)12(6-16-8-13-9-17-10-19-13)7-18-14(20)21-15(3,4)5/h9-12,16H,6-8H2,1-5H3,(H,17,19)(H,18,20). The third-order valence-electron chi connectivity index (χ3n) is 3.13. The van der Waals surface area contributed by atoms with Crippen molar-refractivity contribution in [1.82, 2.24) is 20.6 Å². The summed E-state index contributed by atoms with van der Waals surface area (Å²) in [4.78, 5) is 18.7. The Morgan fingerprint density at radius 1 is 1.38 bits per heavy atom. The minimum absolute atomic E-state index is 0.348. The maximum absolute atomic E-state index is 11.7. The van der Waals surface area contributed by atoms with Crippen molar-refractivity contribution >= 4 is 6.09 Å². The zero-order valence-corrected chi connectivity index (χ0v) is 13.7. The molecule has 0 fully saturated rings. The van der Waals surface area contributed by atoms with Crippen molar-refractivity contribution in [3.8, 4) is 0 Å². The molecule has 0 bridgehead atoms. The van der Waals surface area contributed by atoms with E-state index in [0.29, 0.717) is 18.4 Å². The monoisotopic (exact) mass is 296 g/mol. The summed E-state index contributed by atoms with van der Waals surface area (Å²) in [5, 5.41) is 6.22. The van der Waals surface area contributed by atoms with Crippen LogP contribution in [0.1, 0.15) is 40.3 Å². The molecule has 1 heterocycles. The first-order valence-corrected chi connectivity index (χ1v) is 7.42. The highest BCUT2D eigenvalue weighted by Crippen LogP contribution is 2.10. The van der Waals surface area contributed by atoms with E-state index >= 15 is 0 Å². The second-order valence-electron chi connectivity index (χ2n) is 6.59. The van der Waals surface area contributed by atoms with Crippen molar-refractivity contribution in [2.75, 3.05) is 13.1 Å². The number of hydrogen-bond acceptors (Lipinski definition) is 4. The number of aromatic amines is 1. The van der Waals surface area contributed by atoms with Gasteiger partial charge in [0.1, 0.15) is 5.60 Å². The summed E-state index contributed by atoms with van der Waals surface area (Å²) in [6.45, 7) is 12.1.